The van der Waals surface area contributed by atoms with Crippen molar-refractivity contribution in [2.24, 2.45) is 0 Å². The fraction of sp³-hybridized carbons (Fsp3) is 0.538. The molecule has 96 valence electrons. The Morgan fingerprint density at radius 2 is 2.28 bits per heavy atom. The van der Waals surface area contributed by atoms with Gasteiger partial charge in [-0.25, -0.2) is 4.98 Å². The molecule has 1 unspecified atom stereocenters. The summed E-state index contributed by atoms with van der Waals surface area (Å²) in [5.41, 5.74) is 1.72. The van der Waals surface area contributed by atoms with Crippen LogP contribution in [-0.4, -0.2) is 24.4 Å². The first-order valence-corrected chi connectivity index (χ1v) is 6.52. The summed E-state index contributed by atoms with van der Waals surface area (Å²) in [5.74, 6) is 0. The molecule has 2 aromatic rings. The van der Waals surface area contributed by atoms with Crippen LogP contribution >= 0.6 is 0 Å². The Kier molecular flexibility index (Phi) is 2.91. The molecule has 1 atom stereocenters. The third-order valence-corrected chi connectivity index (χ3v) is 3.38. The second-order valence-electron chi connectivity index (χ2n) is 4.84. The summed E-state index contributed by atoms with van der Waals surface area (Å²) in [6, 6.07) is 2.41. The average Bonchev–Trinajstić information content (AvgIpc) is 2.92. The highest BCUT2D eigenvalue weighted by Gasteiger charge is 2.28. The van der Waals surface area contributed by atoms with Gasteiger partial charge in [-0.05, 0) is 25.3 Å². The Balaban J connectivity index is 1.90. The monoisotopic (exact) mass is 246 g/mol. The molecule has 0 bridgehead atoms. The standard InChI is InChI=1S/C13H18N4O/c1-2-7-17-11(5-6-15-17)13(18)12-8-14-9-16(12)10-3-4-10/h5-6,8-10,13,18H,2-4,7H2,1H3. The number of aryl methyl sites for hydroxylation is 1. The topological polar surface area (TPSA) is 55.9 Å². The van der Waals surface area contributed by atoms with Gasteiger partial charge in [-0.15, -0.1) is 0 Å². The highest BCUT2D eigenvalue weighted by atomic mass is 16.3. The third kappa shape index (κ3) is 1.95. The number of aromatic nitrogens is 4. The SMILES string of the molecule is CCCn1nccc1C(O)c1cncn1C1CC1. The van der Waals surface area contributed by atoms with Crippen LogP contribution in [0.25, 0.3) is 0 Å². The maximum absolute atomic E-state index is 10.5. The minimum Gasteiger partial charge on any atom is -0.380 e. The van der Waals surface area contributed by atoms with E-state index in [-0.39, 0.29) is 0 Å². The number of hydrogen-bond donors (Lipinski definition) is 1. The normalized spacial score (nSPS) is 17.0. The molecule has 5 heteroatoms. The maximum Gasteiger partial charge on any atom is 0.137 e. The number of aliphatic hydroxyl groups excluding tert-OH is 1. The van der Waals surface area contributed by atoms with E-state index in [1.54, 1.807) is 12.4 Å². The van der Waals surface area contributed by atoms with Gasteiger partial charge in [0.25, 0.3) is 0 Å². The highest BCUT2D eigenvalue weighted by molar-refractivity contribution is 5.19. The first kappa shape index (κ1) is 11.5. The van der Waals surface area contributed by atoms with Gasteiger partial charge < -0.3 is 9.67 Å². The predicted molar refractivity (Wildman–Crippen MR) is 67.1 cm³/mol. The highest BCUT2D eigenvalue weighted by Crippen LogP contribution is 2.37. The van der Waals surface area contributed by atoms with E-state index in [0.29, 0.717) is 6.04 Å². The number of aliphatic hydroxyl groups is 1. The molecule has 2 heterocycles. The molecule has 0 aliphatic heterocycles. The van der Waals surface area contributed by atoms with Gasteiger partial charge in [0, 0.05) is 18.8 Å². The van der Waals surface area contributed by atoms with E-state index in [9.17, 15) is 5.11 Å². The maximum atomic E-state index is 10.5. The summed E-state index contributed by atoms with van der Waals surface area (Å²) in [5, 5.41) is 14.8. The Morgan fingerprint density at radius 3 is 3.00 bits per heavy atom. The van der Waals surface area contributed by atoms with Crippen LogP contribution in [0.4, 0.5) is 0 Å². The zero-order chi connectivity index (χ0) is 12.5. The molecular weight excluding hydrogens is 228 g/mol. The first-order chi connectivity index (χ1) is 8.81. The van der Waals surface area contributed by atoms with Gasteiger partial charge in [0.1, 0.15) is 6.10 Å². The van der Waals surface area contributed by atoms with E-state index in [1.807, 2.05) is 17.1 Å². The van der Waals surface area contributed by atoms with Crippen LogP contribution < -0.4 is 0 Å². The van der Waals surface area contributed by atoms with E-state index >= 15 is 0 Å². The Bertz CT molecular complexity index is 527. The van der Waals surface area contributed by atoms with Crippen LogP contribution in [0.1, 0.15) is 49.7 Å². The molecule has 1 fully saturated rings. The molecular formula is C13H18N4O. The fourth-order valence-electron chi connectivity index (χ4n) is 2.31. The zero-order valence-electron chi connectivity index (χ0n) is 10.5. The molecule has 0 aromatic carbocycles. The molecule has 5 nitrogen and oxygen atoms in total. The third-order valence-electron chi connectivity index (χ3n) is 3.38. The van der Waals surface area contributed by atoms with Crippen LogP contribution in [0.3, 0.4) is 0 Å². The summed E-state index contributed by atoms with van der Waals surface area (Å²) in [6.45, 7) is 2.93. The average molecular weight is 246 g/mol. The van der Waals surface area contributed by atoms with Crippen molar-refractivity contribution in [3.05, 3.63) is 36.2 Å². The van der Waals surface area contributed by atoms with Crippen molar-refractivity contribution in [3.63, 3.8) is 0 Å². The molecule has 1 aliphatic rings. The minimum absolute atomic E-state index is 0.527. The van der Waals surface area contributed by atoms with Crippen molar-refractivity contribution in [1.82, 2.24) is 19.3 Å². The van der Waals surface area contributed by atoms with Gasteiger partial charge in [0.05, 0.1) is 23.9 Å². The summed E-state index contributed by atoms with van der Waals surface area (Å²) < 4.78 is 3.96. The predicted octanol–water partition coefficient (Wildman–Crippen LogP) is 1.91. The molecule has 0 spiro atoms. The van der Waals surface area contributed by atoms with E-state index in [0.717, 1.165) is 24.4 Å². The van der Waals surface area contributed by atoms with Gasteiger partial charge in [-0.3, -0.25) is 4.68 Å². The zero-order valence-corrected chi connectivity index (χ0v) is 10.5. The van der Waals surface area contributed by atoms with Crippen molar-refractivity contribution < 1.29 is 5.11 Å². The molecule has 18 heavy (non-hydrogen) atoms. The van der Waals surface area contributed by atoms with E-state index in [2.05, 4.69) is 21.6 Å². The second-order valence-corrected chi connectivity index (χ2v) is 4.84. The van der Waals surface area contributed by atoms with Gasteiger partial charge in [0.2, 0.25) is 0 Å². The van der Waals surface area contributed by atoms with Gasteiger partial charge in [-0.2, -0.15) is 5.10 Å². The van der Waals surface area contributed by atoms with Crippen LogP contribution in [0.15, 0.2) is 24.8 Å². The van der Waals surface area contributed by atoms with Crippen molar-refractivity contribution >= 4 is 0 Å². The minimum atomic E-state index is -0.637. The number of hydrogen-bond acceptors (Lipinski definition) is 3. The van der Waals surface area contributed by atoms with Crippen molar-refractivity contribution in [2.45, 2.75) is 44.9 Å². The summed E-state index contributed by atoms with van der Waals surface area (Å²) >= 11 is 0. The van der Waals surface area contributed by atoms with Crippen molar-refractivity contribution in [2.75, 3.05) is 0 Å². The molecule has 1 saturated carbocycles. The van der Waals surface area contributed by atoms with E-state index in [4.69, 9.17) is 0 Å². The summed E-state index contributed by atoms with van der Waals surface area (Å²) in [6.07, 6.45) is 8.05. The van der Waals surface area contributed by atoms with Crippen LogP contribution in [-0.2, 0) is 6.54 Å². The fourth-order valence-corrected chi connectivity index (χ4v) is 2.31. The van der Waals surface area contributed by atoms with Crippen molar-refractivity contribution in [3.8, 4) is 0 Å². The van der Waals surface area contributed by atoms with Crippen molar-refractivity contribution in [1.29, 1.82) is 0 Å². The number of imidazole rings is 1. The second kappa shape index (κ2) is 4.57. The van der Waals surface area contributed by atoms with Gasteiger partial charge in [0.15, 0.2) is 0 Å². The largest absolute Gasteiger partial charge is 0.380 e. The molecule has 1 N–H and O–H groups in total. The molecule has 0 amide bonds. The Hall–Kier alpha value is -1.62. The Labute approximate surface area is 106 Å². The quantitative estimate of drug-likeness (QED) is 0.876. The molecule has 3 rings (SSSR count). The molecule has 0 saturated heterocycles. The molecule has 2 aromatic heterocycles. The Morgan fingerprint density at radius 1 is 1.44 bits per heavy atom. The van der Waals surface area contributed by atoms with E-state index in [1.165, 1.54) is 12.8 Å². The molecule has 1 aliphatic carbocycles. The summed E-state index contributed by atoms with van der Waals surface area (Å²) in [7, 11) is 0. The summed E-state index contributed by atoms with van der Waals surface area (Å²) in [4.78, 5) is 4.16. The van der Waals surface area contributed by atoms with Gasteiger partial charge >= 0.3 is 0 Å². The molecule has 0 radical (unpaired) electrons. The van der Waals surface area contributed by atoms with E-state index < -0.39 is 6.10 Å². The number of rotatable bonds is 5. The van der Waals surface area contributed by atoms with Crippen LogP contribution in [0.5, 0.6) is 0 Å². The van der Waals surface area contributed by atoms with Crippen LogP contribution in [0, 0.1) is 0 Å². The lowest BCUT2D eigenvalue weighted by atomic mass is 10.2. The van der Waals surface area contributed by atoms with Crippen LogP contribution in [0.2, 0.25) is 0 Å². The smallest absolute Gasteiger partial charge is 0.137 e. The lowest BCUT2D eigenvalue weighted by Gasteiger charge is -2.15. The number of nitrogens with zero attached hydrogens (tertiary/aromatic N) is 4. The lowest BCUT2D eigenvalue weighted by Crippen LogP contribution is -2.13. The lowest BCUT2D eigenvalue weighted by molar-refractivity contribution is 0.197. The van der Waals surface area contributed by atoms with Gasteiger partial charge in [-0.1, -0.05) is 6.92 Å². The first-order valence-electron chi connectivity index (χ1n) is 6.52.